The van der Waals surface area contributed by atoms with Crippen LogP contribution in [0.2, 0.25) is 10.0 Å². The number of H-pyrrole nitrogens is 1. The Balaban J connectivity index is 1.76. The molecule has 2 heterocycles. The zero-order valence-corrected chi connectivity index (χ0v) is 18.2. The number of carbonyl (C=O) groups excluding carboxylic acids is 1. The minimum Gasteiger partial charge on any atom is -0.374 e. The molecule has 0 fully saturated rings. The molecule has 14 heteroatoms. The molecule has 0 saturated carbocycles. The highest BCUT2D eigenvalue weighted by Gasteiger charge is 2.62. The first-order valence-corrected chi connectivity index (χ1v) is 10.0. The highest BCUT2D eigenvalue weighted by atomic mass is 35.5. The van der Waals surface area contributed by atoms with E-state index in [0.717, 1.165) is 12.1 Å². The molecule has 0 spiro atoms. The molecule has 1 aromatic heterocycles. The summed E-state index contributed by atoms with van der Waals surface area (Å²) in [6.07, 6.45) is -11.1. The second-order valence-electron chi connectivity index (χ2n) is 7.27. The summed E-state index contributed by atoms with van der Waals surface area (Å²) < 4.78 is 78.9. The van der Waals surface area contributed by atoms with Crippen LogP contribution in [0.15, 0.2) is 35.5 Å². The molecule has 33 heavy (non-hydrogen) atoms. The lowest BCUT2D eigenvalue weighted by atomic mass is 9.87. The van der Waals surface area contributed by atoms with E-state index in [0.29, 0.717) is 0 Å². The van der Waals surface area contributed by atoms with Crippen LogP contribution in [-0.2, 0) is 10.4 Å². The Kier molecular flexibility index (Phi) is 6.92. The summed E-state index contributed by atoms with van der Waals surface area (Å²) in [5, 5.41) is 7.88. The molecule has 1 aliphatic heterocycles. The Labute approximate surface area is 193 Å². The predicted octanol–water partition coefficient (Wildman–Crippen LogP) is 5.13. The van der Waals surface area contributed by atoms with E-state index in [9.17, 15) is 31.1 Å². The number of hydrogen-bond acceptors (Lipinski definition) is 4. The smallest absolute Gasteiger partial charge is 0.374 e. The average Bonchev–Trinajstić information content (AvgIpc) is 3.32. The van der Waals surface area contributed by atoms with Crippen molar-refractivity contribution in [2.75, 3.05) is 6.54 Å². The van der Waals surface area contributed by atoms with Gasteiger partial charge in [0.15, 0.2) is 0 Å². The largest absolute Gasteiger partial charge is 0.435 e. The topological polar surface area (TPSA) is 78.5 Å². The van der Waals surface area contributed by atoms with Crippen LogP contribution in [-0.4, -0.2) is 41.7 Å². The van der Waals surface area contributed by atoms with Crippen molar-refractivity contribution < 1.29 is 36.0 Å². The van der Waals surface area contributed by atoms with Gasteiger partial charge >= 0.3 is 12.4 Å². The number of oxime groups is 1. The number of aromatic nitrogens is 1. The van der Waals surface area contributed by atoms with Crippen molar-refractivity contribution in [2.24, 2.45) is 5.16 Å². The second kappa shape index (κ2) is 9.07. The SMILES string of the molecule is CC(NCC(F)(F)F)NC(=O)c1ccc(C2=NOC(c3cc(Cl)cc(Cl)c3)(C(F)(F)F)C2)[nH]1. The molecule has 0 aliphatic carbocycles. The van der Waals surface area contributed by atoms with Crippen LogP contribution in [0.25, 0.3) is 0 Å². The summed E-state index contributed by atoms with van der Waals surface area (Å²) in [6.45, 7) is -0.0121. The van der Waals surface area contributed by atoms with Crippen LogP contribution in [0.1, 0.15) is 35.1 Å². The molecule has 3 rings (SSSR count). The minimum absolute atomic E-state index is 0.0229. The molecule has 2 aromatic rings. The number of rotatable bonds is 6. The van der Waals surface area contributed by atoms with Gasteiger partial charge in [-0.15, -0.1) is 0 Å². The first kappa shape index (κ1) is 25.2. The molecule has 2 atom stereocenters. The molecule has 1 aromatic carbocycles. The summed E-state index contributed by atoms with van der Waals surface area (Å²) >= 11 is 11.7. The fourth-order valence-electron chi connectivity index (χ4n) is 3.13. The van der Waals surface area contributed by atoms with Crippen LogP contribution in [0.4, 0.5) is 26.3 Å². The third-order valence-electron chi connectivity index (χ3n) is 4.71. The van der Waals surface area contributed by atoms with Gasteiger partial charge in [0.2, 0.25) is 0 Å². The molecule has 0 radical (unpaired) electrons. The fourth-order valence-corrected chi connectivity index (χ4v) is 3.65. The van der Waals surface area contributed by atoms with Gasteiger partial charge in [-0.1, -0.05) is 28.4 Å². The Morgan fingerprint density at radius 1 is 1.18 bits per heavy atom. The van der Waals surface area contributed by atoms with Gasteiger partial charge in [-0.2, -0.15) is 26.3 Å². The van der Waals surface area contributed by atoms with Crippen LogP contribution in [0, 0.1) is 0 Å². The number of alkyl halides is 6. The maximum absolute atomic E-state index is 14.0. The molecule has 3 N–H and O–H groups in total. The van der Waals surface area contributed by atoms with Crippen molar-refractivity contribution >= 4 is 34.8 Å². The number of amides is 1. The van der Waals surface area contributed by atoms with Crippen molar-refractivity contribution in [3.8, 4) is 0 Å². The Morgan fingerprint density at radius 3 is 2.39 bits per heavy atom. The summed E-state index contributed by atoms with van der Waals surface area (Å²) in [5.41, 5.74) is -3.36. The standard InChI is InChI=1S/C19H16Cl2F6N4O2/c1-9(28-8-18(22,23)24)29-16(32)14-3-2-13(30-14)15-7-17(33-31-15,19(25,26)27)10-4-11(20)6-12(21)5-10/h2-6,9,28,30H,7-8H2,1H3,(H,29,32). The molecule has 1 aliphatic rings. The van der Waals surface area contributed by atoms with Crippen molar-refractivity contribution in [3.63, 3.8) is 0 Å². The van der Waals surface area contributed by atoms with Gasteiger partial charge in [-0.3, -0.25) is 10.1 Å². The predicted molar refractivity (Wildman–Crippen MR) is 108 cm³/mol. The maximum atomic E-state index is 14.0. The molecule has 2 unspecified atom stereocenters. The molecule has 0 bridgehead atoms. The van der Waals surface area contributed by atoms with Crippen LogP contribution < -0.4 is 10.6 Å². The molecule has 180 valence electrons. The van der Waals surface area contributed by atoms with E-state index in [-0.39, 0.29) is 32.7 Å². The minimum atomic E-state index is -4.89. The van der Waals surface area contributed by atoms with E-state index >= 15 is 0 Å². The number of carbonyl (C=O) groups is 1. The number of halogens is 8. The van der Waals surface area contributed by atoms with Gasteiger partial charge in [0.05, 0.1) is 24.8 Å². The van der Waals surface area contributed by atoms with E-state index in [4.69, 9.17) is 28.0 Å². The molecular weight excluding hydrogens is 501 g/mol. The monoisotopic (exact) mass is 516 g/mol. The van der Waals surface area contributed by atoms with E-state index < -0.39 is 43.0 Å². The number of nitrogens with one attached hydrogen (secondary N) is 3. The van der Waals surface area contributed by atoms with Crippen molar-refractivity contribution in [2.45, 2.75) is 37.5 Å². The van der Waals surface area contributed by atoms with Crippen LogP contribution >= 0.6 is 23.2 Å². The van der Waals surface area contributed by atoms with Crippen LogP contribution in [0.3, 0.4) is 0 Å². The Bertz CT molecular complexity index is 1050. The van der Waals surface area contributed by atoms with E-state index in [1.807, 2.05) is 0 Å². The van der Waals surface area contributed by atoms with E-state index in [1.165, 1.54) is 25.1 Å². The number of nitrogens with zero attached hydrogens (tertiary/aromatic N) is 1. The lowest BCUT2D eigenvalue weighted by Gasteiger charge is -2.29. The zero-order chi connectivity index (χ0) is 24.6. The summed E-state index contributed by atoms with van der Waals surface area (Å²) in [6, 6.07) is 5.98. The highest BCUT2D eigenvalue weighted by molar-refractivity contribution is 6.34. The highest BCUT2D eigenvalue weighted by Crippen LogP contribution is 2.49. The summed E-state index contributed by atoms with van der Waals surface area (Å²) in [4.78, 5) is 19.7. The Hall–Kier alpha value is -2.44. The second-order valence-corrected chi connectivity index (χ2v) is 8.14. The summed E-state index contributed by atoms with van der Waals surface area (Å²) in [7, 11) is 0. The van der Waals surface area contributed by atoms with Gasteiger partial charge in [-0.25, -0.2) is 0 Å². The quantitative estimate of drug-likeness (QED) is 0.367. The number of hydrogen-bond donors (Lipinski definition) is 3. The van der Waals surface area contributed by atoms with Crippen molar-refractivity contribution in [3.05, 3.63) is 57.3 Å². The first-order valence-electron chi connectivity index (χ1n) is 9.29. The van der Waals surface area contributed by atoms with E-state index in [2.05, 4.69) is 20.8 Å². The van der Waals surface area contributed by atoms with E-state index in [1.54, 1.807) is 0 Å². The molecule has 6 nitrogen and oxygen atoms in total. The van der Waals surface area contributed by atoms with Crippen LogP contribution in [0.5, 0.6) is 0 Å². The maximum Gasteiger partial charge on any atom is 0.435 e. The van der Waals surface area contributed by atoms with Gasteiger partial charge in [-0.05, 0) is 37.3 Å². The third-order valence-corrected chi connectivity index (χ3v) is 5.15. The normalized spacial score (nSPS) is 19.7. The third kappa shape index (κ3) is 5.74. The number of benzene rings is 1. The zero-order valence-electron chi connectivity index (χ0n) is 16.7. The molecular formula is C19H16Cl2F6N4O2. The molecule has 1 amide bonds. The summed E-state index contributed by atoms with van der Waals surface area (Å²) in [5.74, 6) is -0.772. The van der Waals surface area contributed by atoms with Gasteiger partial charge in [0, 0.05) is 15.6 Å². The van der Waals surface area contributed by atoms with Gasteiger partial charge < -0.3 is 15.1 Å². The molecule has 0 saturated heterocycles. The lowest BCUT2D eigenvalue weighted by molar-refractivity contribution is -0.275. The van der Waals surface area contributed by atoms with Crippen molar-refractivity contribution in [1.82, 2.24) is 15.6 Å². The van der Waals surface area contributed by atoms with Gasteiger partial charge in [0.1, 0.15) is 11.4 Å². The van der Waals surface area contributed by atoms with Crippen molar-refractivity contribution in [1.29, 1.82) is 0 Å². The average molecular weight is 517 g/mol. The fraction of sp³-hybridized carbons (Fsp3) is 0.368. The van der Waals surface area contributed by atoms with Gasteiger partial charge in [0.25, 0.3) is 11.5 Å². The number of aromatic amines is 1. The lowest BCUT2D eigenvalue weighted by Crippen LogP contribution is -2.46. The first-order chi connectivity index (χ1) is 15.2. The Morgan fingerprint density at radius 2 is 1.82 bits per heavy atom.